The zero-order chi connectivity index (χ0) is 13.9. The van der Waals surface area contributed by atoms with Gasteiger partial charge in [0.2, 0.25) is 10.0 Å². The highest BCUT2D eigenvalue weighted by molar-refractivity contribution is 9.10. The van der Waals surface area contributed by atoms with Crippen LogP contribution in [0.25, 0.3) is 0 Å². The lowest BCUT2D eigenvalue weighted by atomic mass is 10.2. The Morgan fingerprint density at radius 2 is 1.83 bits per heavy atom. The van der Waals surface area contributed by atoms with E-state index in [0.29, 0.717) is 4.47 Å². The van der Waals surface area contributed by atoms with Crippen molar-refractivity contribution in [3.05, 3.63) is 28.7 Å². The molecule has 0 bridgehead atoms. The molecule has 0 saturated carbocycles. The quantitative estimate of drug-likeness (QED) is 0.728. The molecule has 1 aromatic rings. The van der Waals surface area contributed by atoms with Gasteiger partial charge in [0.1, 0.15) is 6.04 Å². The van der Waals surface area contributed by atoms with Gasteiger partial charge in [0.25, 0.3) is 0 Å². The number of hydrogen-bond donors (Lipinski definition) is 3. The van der Waals surface area contributed by atoms with Gasteiger partial charge in [-0.2, -0.15) is 4.72 Å². The number of aliphatic hydroxyl groups is 1. The van der Waals surface area contributed by atoms with Crippen LogP contribution in [0.5, 0.6) is 0 Å². The first kappa shape index (κ1) is 15.1. The van der Waals surface area contributed by atoms with Gasteiger partial charge >= 0.3 is 5.97 Å². The fourth-order valence-corrected chi connectivity index (χ4v) is 2.73. The Morgan fingerprint density at radius 3 is 2.22 bits per heavy atom. The molecule has 0 aliphatic rings. The van der Waals surface area contributed by atoms with E-state index in [1.807, 2.05) is 4.72 Å². The van der Waals surface area contributed by atoms with Gasteiger partial charge in [-0.1, -0.05) is 15.9 Å². The number of aliphatic hydroxyl groups excluding tert-OH is 1. The van der Waals surface area contributed by atoms with Crippen LogP contribution in [0.2, 0.25) is 0 Å². The van der Waals surface area contributed by atoms with E-state index in [9.17, 15) is 18.3 Å². The maximum absolute atomic E-state index is 11.9. The van der Waals surface area contributed by atoms with Crippen molar-refractivity contribution in [3.63, 3.8) is 0 Å². The number of benzene rings is 1. The monoisotopic (exact) mass is 337 g/mol. The zero-order valence-corrected chi connectivity index (χ0v) is 11.8. The molecule has 0 aliphatic carbocycles. The lowest BCUT2D eigenvalue weighted by molar-refractivity contribution is -0.141. The number of nitrogens with one attached hydrogen (secondary N) is 1. The Bertz CT molecular complexity index is 526. The Labute approximate surface area is 113 Å². The molecule has 0 amide bonds. The van der Waals surface area contributed by atoms with Crippen LogP contribution in [0.3, 0.4) is 0 Å². The van der Waals surface area contributed by atoms with Crippen molar-refractivity contribution in [1.82, 2.24) is 4.72 Å². The van der Waals surface area contributed by atoms with Gasteiger partial charge < -0.3 is 10.2 Å². The lowest BCUT2D eigenvalue weighted by Gasteiger charge is -2.17. The first-order valence-electron chi connectivity index (χ1n) is 4.93. The van der Waals surface area contributed by atoms with Crippen molar-refractivity contribution in [2.75, 3.05) is 0 Å². The summed E-state index contributed by atoms with van der Waals surface area (Å²) in [6.45, 7) is 1.20. The Hall–Kier alpha value is -0.960. The van der Waals surface area contributed by atoms with Crippen LogP contribution < -0.4 is 4.72 Å². The summed E-state index contributed by atoms with van der Waals surface area (Å²) < 4.78 is 26.4. The van der Waals surface area contributed by atoms with Crippen LogP contribution in [0.15, 0.2) is 33.6 Å². The van der Waals surface area contributed by atoms with E-state index in [1.54, 1.807) is 0 Å². The van der Waals surface area contributed by atoms with Crippen LogP contribution in [0.1, 0.15) is 6.92 Å². The summed E-state index contributed by atoms with van der Waals surface area (Å²) in [6.07, 6.45) is -1.34. The molecule has 1 rings (SSSR count). The standard InChI is InChI=1S/C10H12BrNO5S/c1-6(13)9(10(14)15)12-18(16,17)8-4-2-7(11)3-5-8/h2-6,9,12-13H,1H3,(H,14,15)/t6-,9+/m1/s1. The molecule has 0 aromatic heterocycles. The van der Waals surface area contributed by atoms with Gasteiger partial charge in [-0.25, -0.2) is 8.42 Å². The summed E-state index contributed by atoms with van der Waals surface area (Å²) >= 11 is 3.16. The maximum Gasteiger partial charge on any atom is 0.324 e. The van der Waals surface area contributed by atoms with Gasteiger partial charge in [0, 0.05) is 4.47 Å². The molecule has 0 radical (unpaired) electrons. The molecular formula is C10H12BrNO5S. The Morgan fingerprint density at radius 1 is 1.33 bits per heavy atom. The second-order valence-corrected chi connectivity index (χ2v) is 6.26. The number of sulfonamides is 1. The van der Waals surface area contributed by atoms with Crippen molar-refractivity contribution < 1.29 is 23.4 Å². The van der Waals surface area contributed by atoms with Crippen LogP contribution in [0, 0.1) is 0 Å². The summed E-state index contributed by atoms with van der Waals surface area (Å²) in [5.74, 6) is -1.44. The summed E-state index contributed by atoms with van der Waals surface area (Å²) in [7, 11) is -3.98. The number of halogens is 1. The molecule has 0 heterocycles. The number of carboxylic acid groups (broad SMARTS) is 1. The minimum Gasteiger partial charge on any atom is -0.480 e. The van der Waals surface area contributed by atoms with Crippen molar-refractivity contribution in [2.24, 2.45) is 0 Å². The van der Waals surface area contributed by atoms with E-state index in [-0.39, 0.29) is 4.90 Å². The third-order valence-corrected chi connectivity index (χ3v) is 4.14. The van der Waals surface area contributed by atoms with Crippen molar-refractivity contribution in [2.45, 2.75) is 24.0 Å². The molecule has 3 N–H and O–H groups in total. The second kappa shape index (κ2) is 5.79. The topological polar surface area (TPSA) is 104 Å². The predicted octanol–water partition coefficient (Wildman–Crippen LogP) is 0.561. The molecule has 2 atom stereocenters. The van der Waals surface area contributed by atoms with Gasteiger partial charge in [0.15, 0.2) is 0 Å². The first-order valence-corrected chi connectivity index (χ1v) is 7.20. The SMILES string of the molecule is C[C@@H](O)[C@H](NS(=O)(=O)c1ccc(Br)cc1)C(=O)O. The molecule has 8 heteroatoms. The number of carboxylic acids is 1. The van der Waals surface area contributed by atoms with E-state index in [2.05, 4.69) is 15.9 Å². The molecule has 6 nitrogen and oxygen atoms in total. The fourth-order valence-electron chi connectivity index (χ4n) is 1.20. The lowest BCUT2D eigenvalue weighted by Crippen LogP contribution is -2.47. The first-order chi connectivity index (χ1) is 8.24. The molecule has 0 saturated heterocycles. The average molecular weight is 338 g/mol. The van der Waals surface area contributed by atoms with E-state index in [1.165, 1.54) is 31.2 Å². The number of carbonyl (C=O) groups is 1. The van der Waals surface area contributed by atoms with Gasteiger partial charge in [0.05, 0.1) is 11.0 Å². The Kier molecular flexibility index (Phi) is 4.85. The van der Waals surface area contributed by atoms with Crippen LogP contribution in [0.4, 0.5) is 0 Å². The van der Waals surface area contributed by atoms with E-state index >= 15 is 0 Å². The molecular weight excluding hydrogens is 326 g/mol. The average Bonchev–Trinajstić information content (AvgIpc) is 2.26. The minimum absolute atomic E-state index is 0.0717. The van der Waals surface area contributed by atoms with Crippen LogP contribution >= 0.6 is 15.9 Å². The van der Waals surface area contributed by atoms with Gasteiger partial charge in [-0.15, -0.1) is 0 Å². The summed E-state index contributed by atoms with van der Waals surface area (Å²) in [6, 6.07) is 4.11. The van der Waals surface area contributed by atoms with Gasteiger partial charge in [-0.05, 0) is 31.2 Å². The van der Waals surface area contributed by atoms with Crippen molar-refractivity contribution >= 4 is 31.9 Å². The maximum atomic E-state index is 11.9. The summed E-state index contributed by atoms with van der Waals surface area (Å²) in [5, 5.41) is 18.0. The minimum atomic E-state index is -3.98. The molecule has 0 aliphatic heterocycles. The molecule has 0 spiro atoms. The highest BCUT2D eigenvalue weighted by Crippen LogP contribution is 2.15. The number of hydrogen-bond acceptors (Lipinski definition) is 4. The fraction of sp³-hybridized carbons (Fsp3) is 0.300. The summed E-state index contributed by atoms with van der Waals surface area (Å²) in [5.41, 5.74) is 0. The predicted molar refractivity (Wildman–Crippen MR) is 67.6 cm³/mol. The smallest absolute Gasteiger partial charge is 0.324 e. The molecule has 100 valence electrons. The molecule has 0 fully saturated rings. The van der Waals surface area contributed by atoms with Gasteiger partial charge in [-0.3, -0.25) is 4.79 Å². The molecule has 0 unspecified atom stereocenters. The Balaban J connectivity index is 3.01. The zero-order valence-electron chi connectivity index (χ0n) is 9.37. The van der Waals surface area contributed by atoms with E-state index in [0.717, 1.165) is 0 Å². The highest BCUT2D eigenvalue weighted by atomic mass is 79.9. The van der Waals surface area contributed by atoms with E-state index in [4.69, 9.17) is 5.11 Å². The number of rotatable bonds is 5. The third-order valence-electron chi connectivity index (χ3n) is 2.15. The van der Waals surface area contributed by atoms with Crippen LogP contribution in [-0.2, 0) is 14.8 Å². The second-order valence-electron chi connectivity index (χ2n) is 3.63. The summed E-state index contributed by atoms with van der Waals surface area (Å²) in [4.78, 5) is 10.7. The third kappa shape index (κ3) is 3.77. The molecule has 1 aromatic carbocycles. The molecule has 18 heavy (non-hydrogen) atoms. The normalized spacial score (nSPS) is 15.1. The largest absolute Gasteiger partial charge is 0.480 e. The van der Waals surface area contributed by atoms with Crippen molar-refractivity contribution in [3.8, 4) is 0 Å². The van der Waals surface area contributed by atoms with Crippen LogP contribution in [-0.4, -0.2) is 36.7 Å². The van der Waals surface area contributed by atoms with E-state index < -0.39 is 28.1 Å². The highest BCUT2D eigenvalue weighted by Gasteiger charge is 2.29. The van der Waals surface area contributed by atoms with Crippen molar-refractivity contribution in [1.29, 1.82) is 0 Å². The number of aliphatic carboxylic acids is 1.